The van der Waals surface area contributed by atoms with Gasteiger partial charge in [-0.2, -0.15) is 0 Å². The van der Waals surface area contributed by atoms with Gasteiger partial charge in [-0.3, -0.25) is 9.36 Å². The van der Waals surface area contributed by atoms with Crippen molar-refractivity contribution < 1.29 is 4.79 Å². The molecule has 27 heavy (non-hydrogen) atoms. The van der Waals surface area contributed by atoms with Crippen molar-refractivity contribution in [3.05, 3.63) is 63.8 Å². The number of hydrogen-bond acceptors (Lipinski definition) is 5. The molecule has 0 spiro atoms. The number of amides is 1. The topological polar surface area (TPSA) is 59.8 Å². The summed E-state index contributed by atoms with van der Waals surface area (Å²) in [5, 5.41) is 12.2. The molecule has 0 fully saturated rings. The molecule has 2 aromatic heterocycles. The molecule has 0 aliphatic carbocycles. The van der Waals surface area contributed by atoms with E-state index in [1.54, 1.807) is 6.08 Å². The normalized spacial score (nSPS) is 10.7. The highest BCUT2D eigenvalue weighted by atomic mass is 35.5. The summed E-state index contributed by atoms with van der Waals surface area (Å²) in [6.45, 7) is 6.91. The predicted octanol–water partition coefficient (Wildman–Crippen LogP) is 4.56. The maximum atomic E-state index is 12.1. The predicted molar refractivity (Wildman–Crippen MR) is 112 cm³/mol. The summed E-state index contributed by atoms with van der Waals surface area (Å²) >= 11 is 8.73. The number of nitrogens with zero attached hydrogens (tertiary/aromatic N) is 3. The van der Waals surface area contributed by atoms with E-state index in [0.717, 1.165) is 26.2 Å². The zero-order valence-corrected chi connectivity index (χ0v) is 17.2. The number of carbonyl (C=O) groups is 1. The van der Waals surface area contributed by atoms with E-state index in [4.69, 9.17) is 11.6 Å². The van der Waals surface area contributed by atoms with Crippen LogP contribution in [-0.4, -0.2) is 26.4 Å². The first kappa shape index (κ1) is 19.7. The van der Waals surface area contributed by atoms with Gasteiger partial charge in [0.15, 0.2) is 11.0 Å². The third-order valence-corrected chi connectivity index (χ3v) is 5.92. The zero-order chi connectivity index (χ0) is 19.2. The number of hydrogen-bond donors (Lipinski definition) is 1. The standard InChI is InChI=1S/C19H19ClN4OS2/c1-3-9-24-18(14-6-4-5-13(2)10-14)22-23-19(24)26-12-17(25)21-11-15-7-8-16(20)27-15/h3-8,10H,1,9,11-12H2,2H3,(H,21,25). The van der Waals surface area contributed by atoms with E-state index < -0.39 is 0 Å². The van der Waals surface area contributed by atoms with Crippen molar-refractivity contribution in [3.63, 3.8) is 0 Å². The first-order valence-electron chi connectivity index (χ1n) is 8.31. The minimum Gasteiger partial charge on any atom is -0.350 e. The second kappa shape index (κ2) is 9.21. The number of allylic oxidation sites excluding steroid dienone is 1. The first-order chi connectivity index (χ1) is 13.1. The van der Waals surface area contributed by atoms with Crippen LogP contribution < -0.4 is 5.32 Å². The molecule has 2 heterocycles. The van der Waals surface area contributed by atoms with Crippen LogP contribution in [0.4, 0.5) is 0 Å². The number of thiophene rings is 1. The monoisotopic (exact) mass is 418 g/mol. The van der Waals surface area contributed by atoms with Gasteiger partial charge in [-0.1, -0.05) is 53.2 Å². The fraction of sp³-hybridized carbons (Fsp3) is 0.211. The highest BCUT2D eigenvalue weighted by Crippen LogP contribution is 2.25. The van der Waals surface area contributed by atoms with Crippen molar-refractivity contribution in [2.75, 3.05) is 5.75 Å². The Morgan fingerprint density at radius 1 is 1.37 bits per heavy atom. The Morgan fingerprint density at radius 3 is 2.93 bits per heavy atom. The molecule has 0 saturated heterocycles. The molecule has 3 rings (SSSR count). The van der Waals surface area contributed by atoms with Crippen molar-refractivity contribution in [3.8, 4) is 11.4 Å². The van der Waals surface area contributed by atoms with Crippen LogP contribution in [0.1, 0.15) is 10.4 Å². The lowest BCUT2D eigenvalue weighted by Gasteiger charge is -2.08. The molecule has 0 atom stereocenters. The largest absolute Gasteiger partial charge is 0.350 e. The first-order valence-corrected chi connectivity index (χ1v) is 10.5. The number of halogens is 1. The number of nitrogens with one attached hydrogen (secondary N) is 1. The molecule has 1 aromatic carbocycles. The van der Waals surface area contributed by atoms with Gasteiger partial charge in [0.25, 0.3) is 0 Å². The Hall–Kier alpha value is -2.09. The van der Waals surface area contributed by atoms with Gasteiger partial charge in [-0.05, 0) is 25.1 Å². The van der Waals surface area contributed by atoms with E-state index in [1.165, 1.54) is 23.1 Å². The minimum absolute atomic E-state index is 0.0604. The summed E-state index contributed by atoms with van der Waals surface area (Å²) < 4.78 is 2.69. The molecule has 0 radical (unpaired) electrons. The van der Waals surface area contributed by atoms with Crippen molar-refractivity contribution in [1.29, 1.82) is 0 Å². The van der Waals surface area contributed by atoms with Crippen LogP contribution in [0.15, 0.2) is 54.2 Å². The Balaban J connectivity index is 1.65. The SMILES string of the molecule is C=CCn1c(SCC(=O)NCc2ccc(Cl)s2)nnc1-c1cccc(C)c1. The molecule has 0 unspecified atom stereocenters. The van der Waals surface area contributed by atoms with E-state index in [-0.39, 0.29) is 11.7 Å². The summed E-state index contributed by atoms with van der Waals surface area (Å²) in [5.41, 5.74) is 2.15. The van der Waals surface area contributed by atoms with Gasteiger partial charge < -0.3 is 5.32 Å². The lowest BCUT2D eigenvalue weighted by atomic mass is 10.1. The average molecular weight is 419 g/mol. The highest BCUT2D eigenvalue weighted by Gasteiger charge is 2.15. The fourth-order valence-corrected chi connectivity index (χ4v) is 4.31. The van der Waals surface area contributed by atoms with Crippen LogP contribution in [-0.2, 0) is 17.9 Å². The second-order valence-electron chi connectivity index (χ2n) is 5.85. The fourth-order valence-electron chi connectivity index (χ4n) is 2.50. The van der Waals surface area contributed by atoms with Crippen LogP contribution in [0.2, 0.25) is 4.34 Å². The van der Waals surface area contributed by atoms with E-state index >= 15 is 0 Å². The van der Waals surface area contributed by atoms with Gasteiger partial charge in [-0.25, -0.2) is 0 Å². The molecule has 0 saturated carbocycles. The minimum atomic E-state index is -0.0604. The number of carbonyl (C=O) groups excluding carboxylic acids is 1. The Bertz CT molecular complexity index is 951. The smallest absolute Gasteiger partial charge is 0.230 e. The lowest BCUT2D eigenvalue weighted by Crippen LogP contribution is -2.24. The van der Waals surface area contributed by atoms with Gasteiger partial charge in [0, 0.05) is 17.0 Å². The molecule has 1 N–H and O–H groups in total. The third kappa shape index (κ3) is 5.22. The van der Waals surface area contributed by atoms with Crippen molar-refractivity contribution in [2.24, 2.45) is 0 Å². The molecule has 140 valence electrons. The van der Waals surface area contributed by atoms with Gasteiger partial charge in [-0.15, -0.1) is 28.1 Å². The number of benzene rings is 1. The summed E-state index contributed by atoms with van der Waals surface area (Å²) in [6.07, 6.45) is 1.80. The molecule has 0 aliphatic rings. The number of aryl methyl sites for hydroxylation is 1. The lowest BCUT2D eigenvalue weighted by molar-refractivity contribution is -0.118. The molecule has 0 bridgehead atoms. The molecule has 8 heteroatoms. The Morgan fingerprint density at radius 2 is 2.22 bits per heavy atom. The van der Waals surface area contributed by atoms with Crippen molar-refractivity contribution in [1.82, 2.24) is 20.1 Å². The van der Waals surface area contributed by atoms with Gasteiger partial charge >= 0.3 is 0 Å². The molecule has 0 aliphatic heterocycles. The summed E-state index contributed by atoms with van der Waals surface area (Å²) in [4.78, 5) is 13.2. The molecular formula is C19H19ClN4OS2. The highest BCUT2D eigenvalue weighted by molar-refractivity contribution is 7.99. The summed E-state index contributed by atoms with van der Waals surface area (Å²) in [6, 6.07) is 11.8. The second-order valence-corrected chi connectivity index (χ2v) is 8.59. The van der Waals surface area contributed by atoms with Crippen molar-refractivity contribution in [2.45, 2.75) is 25.2 Å². The van der Waals surface area contributed by atoms with Gasteiger partial charge in [0.05, 0.1) is 16.6 Å². The molecule has 5 nitrogen and oxygen atoms in total. The summed E-state index contributed by atoms with van der Waals surface area (Å²) in [5.74, 6) is 0.979. The van der Waals surface area contributed by atoms with Crippen LogP contribution in [0.3, 0.4) is 0 Å². The van der Waals surface area contributed by atoms with E-state index in [0.29, 0.717) is 18.2 Å². The molecular weight excluding hydrogens is 400 g/mol. The Labute approximate surface area is 171 Å². The third-order valence-electron chi connectivity index (χ3n) is 3.73. The van der Waals surface area contributed by atoms with Crippen LogP contribution in [0.5, 0.6) is 0 Å². The van der Waals surface area contributed by atoms with Crippen LogP contribution in [0, 0.1) is 6.92 Å². The zero-order valence-electron chi connectivity index (χ0n) is 14.8. The van der Waals surface area contributed by atoms with E-state index in [2.05, 4.69) is 28.2 Å². The van der Waals surface area contributed by atoms with Crippen molar-refractivity contribution >= 4 is 40.6 Å². The quantitative estimate of drug-likeness (QED) is 0.430. The number of aromatic nitrogens is 3. The number of rotatable bonds is 8. The summed E-state index contributed by atoms with van der Waals surface area (Å²) in [7, 11) is 0. The van der Waals surface area contributed by atoms with Crippen LogP contribution in [0.25, 0.3) is 11.4 Å². The maximum Gasteiger partial charge on any atom is 0.230 e. The number of thioether (sulfide) groups is 1. The van der Waals surface area contributed by atoms with Gasteiger partial charge in [0.2, 0.25) is 5.91 Å². The maximum absolute atomic E-state index is 12.1. The van der Waals surface area contributed by atoms with Crippen LogP contribution >= 0.6 is 34.7 Å². The van der Waals surface area contributed by atoms with Gasteiger partial charge in [0.1, 0.15) is 0 Å². The van der Waals surface area contributed by atoms with E-state index in [9.17, 15) is 4.79 Å². The molecule has 3 aromatic rings. The molecule has 1 amide bonds. The Kier molecular flexibility index (Phi) is 6.71. The average Bonchev–Trinajstić information content (AvgIpc) is 3.25. The van der Waals surface area contributed by atoms with E-state index in [1.807, 2.05) is 41.8 Å².